The largest absolute Gasteiger partial charge is 0.396 e. The fraction of sp³-hybridized carbons (Fsp3) is 0.118. The molecule has 0 radical (unpaired) electrons. The normalized spacial score (nSPS) is 12.8. The number of nitrogen functional groups attached to an aromatic ring is 1. The summed E-state index contributed by atoms with van der Waals surface area (Å²) >= 11 is 0. The van der Waals surface area contributed by atoms with Gasteiger partial charge in [0.1, 0.15) is 0 Å². The number of carbonyl (C=O) groups is 1. The van der Waals surface area contributed by atoms with Gasteiger partial charge >= 0.3 is 0 Å². The lowest BCUT2D eigenvalue weighted by molar-refractivity contribution is 0.112. The molecule has 0 bridgehead atoms. The van der Waals surface area contributed by atoms with Crippen LogP contribution in [-0.4, -0.2) is 16.3 Å². The number of fused-ring (bicyclic) bond motifs is 4. The summed E-state index contributed by atoms with van der Waals surface area (Å²) in [6, 6.07) is 9.79. The second-order valence-corrected chi connectivity index (χ2v) is 5.27. The number of hydrogen-bond donors (Lipinski definition) is 1. The van der Waals surface area contributed by atoms with E-state index in [1.165, 1.54) is 11.1 Å². The molecule has 0 saturated heterocycles. The van der Waals surface area contributed by atoms with Crippen LogP contribution in [0, 0.1) is 0 Å². The number of aryl methyl sites for hydroxylation is 2. The first-order valence-corrected chi connectivity index (χ1v) is 6.89. The molecule has 0 saturated carbocycles. The Morgan fingerprint density at radius 1 is 1.10 bits per heavy atom. The Labute approximate surface area is 121 Å². The number of carbonyl (C=O) groups excluding carboxylic acids is 1. The number of nitrogens with two attached hydrogens (primary N) is 1. The average Bonchev–Trinajstić information content (AvgIpc) is 2.54. The lowest BCUT2D eigenvalue weighted by Crippen LogP contribution is -2.08. The number of pyridine rings is 2. The van der Waals surface area contributed by atoms with Gasteiger partial charge in [-0.1, -0.05) is 12.1 Å². The predicted molar refractivity (Wildman–Crippen MR) is 82.2 cm³/mol. The molecule has 102 valence electrons. The van der Waals surface area contributed by atoms with Gasteiger partial charge in [-0.25, -0.2) is 4.98 Å². The summed E-state index contributed by atoms with van der Waals surface area (Å²) in [6.07, 6.45) is 4.48. The van der Waals surface area contributed by atoms with E-state index in [1.807, 2.05) is 12.1 Å². The van der Waals surface area contributed by atoms with Crippen LogP contribution in [0.3, 0.4) is 0 Å². The van der Waals surface area contributed by atoms with Crippen molar-refractivity contribution >= 4 is 22.9 Å². The Hall–Kier alpha value is -2.75. The van der Waals surface area contributed by atoms with E-state index in [-0.39, 0.29) is 0 Å². The van der Waals surface area contributed by atoms with Crippen molar-refractivity contribution in [3.05, 3.63) is 53.2 Å². The third kappa shape index (κ3) is 1.72. The third-order valence-electron chi connectivity index (χ3n) is 4.05. The SMILES string of the molecule is Nc1c(C=O)ccc2cc3c(nc12)-c1ncccc1CC3. The standard InChI is InChI=1S/C17H13N3O/c18-14-13(9-21)6-5-11-8-12-4-3-10-2-1-7-19-16(10)17(12)20-15(11)14/h1-2,5-9H,3-4,18H2. The monoisotopic (exact) mass is 275 g/mol. The van der Waals surface area contributed by atoms with E-state index in [0.717, 1.165) is 35.9 Å². The highest BCUT2D eigenvalue weighted by atomic mass is 16.1. The van der Waals surface area contributed by atoms with Crippen LogP contribution in [0.4, 0.5) is 5.69 Å². The molecule has 0 fully saturated rings. The van der Waals surface area contributed by atoms with Gasteiger partial charge in [0.05, 0.1) is 22.6 Å². The predicted octanol–water partition coefficient (Wildman–Crippen LogP) is 2.79. The fourth-order valence-corrected chi connectivity index (χ4v) is 2.94. The van der Waals surface area contributed by atoms with E-state index in [9.17, 15) is 4.79 Å². The number of anilines is 1. The molecule has 4 rings (SSSR count). The first kappa shape index (κ1) is 12.0. The van der Waals surface area contributed by atoms with Gasteiger partial charge < -0.3 is 5.73 Å². The van der Waals surface area contributed by atoms with Crippen LogP contribution in [0.2, 0.25) is 0 Å². The maximum absolute atomic E-state index is 11.0. The van der Waals surface area contributed by atoms with Crippen LogP contribution in [0.15, 0.2) is 36.5 Å². The highest BCUT2D eigenvalue weighted by molar-refractivity contribution is 6.00. The van der Waals surface area contributed by atoms with E-state index in [0.29, 0.717) is 16.8 Å². The second-order valence-electron chi connectivity index (χ2n) is 5.27. The molecular formula is C17H13N3O. The first-order chi connectivity index (χ1) is 10.3. The van der Waals surface area contributed by atoms with E-state index in [4.69, 9.17) is 10.7 Å². The first-order valence-electron chi connectivity index (χ1n) is 6.89. The van der Waals surface area contributed by atoms with E-state index in [1.54, 1.807) is 12.3 Å². The summed E-state index contributed by atoms with van der Waals surface area (Å²) in [7, 11) is 0. The van der Waals surface area contributed by atoms with Gasteiger partial charge in [0, 0.05) is 17.1 Å². The molecule has 4 nitrogen and oxygen atoms in total. The Kier molecular flexibility index (Phi) is 2.51. The van der Waals surface area contributed by atoms with Gasteiger partial charge in [0.2, 0.25) is 0 Å². The van der Waals surface area contributed by atoms with Crippen molar-refractivity contribution in [1.82, 2.24) is 9.97 Å². The molecule has 1 aliphatic rings. The number of benzene rings is 1. The van der Waals surface area contributed by atoms with Gasteiger partial charge in [-0.05, 0) is 42.2 Å². The number of aldehydes is 1. The van der Waals surface area contributed by atoms with Crippen molar-refractivity contribution in [2.24, 2.45) is 0 Å². The van der Waals surface area contributed by atoms with Crippen molar-refractivity contribution in [3.63, 3.8) is 0 Å². The van der Waals surface area contributed by atoms with E-state index in [2.05, 4.69) is 17.1 Å². The minimum atomic E-state index is 0.438. The lowest BCUT2D eigenvalue weighted by Gasteiger charge is -2.19. The molecule has 21 heavy (non-hydrogen) atoms. The molecular weight excluding hydrogens is 262 g/mol. The van der Waals surface area contributed by atoms with Gasteiger partial charge in [-0.15, -0.1) is 0 Å². The summed E-state index contributed by atoms with van der Waals surface area (Å²) in [4.78, 5) is 20.2. The molecule has 0 atom stereocenters. The van der Waals surface area contributed by atoms with Crippen molar-refractivity contribution in [2.75, 3.05) is 5.73 Å². The molecule has 0 spiro atoms. The molecule has 4 heteroatoms. The van der Waals surface area contributed by atoms with E-state index >= 15 is 0 Å². The molecule has 0 unspecified atom stereocenters. The molecule has 2 N–H and O–H groups in total. The highest BCUT2D eigenvalue weighted by Crippen LogP contribution is 2.34. The zero-order valence-electron chi connectivity index (χ0n) is 11.3. The smallest absolute Gasteiger partial charge is 0.152 e. The Morgan fingerprint density at radius 2 is 1.95 bits per heavy atom. The van der Waals surface area contributed by atoms with Crippen LogP contribution in [0.5, 0.6) is 0 Å². The zero-order chi connectivity index (χ0) is 14.4. The molecule has 3 aromatic rings. The van der Waals surface area contributed by atoms with Crippen molar-refractivity contribution in [3.8, 4) is 11.4 Å². The summed E-state index contributed by atoms with van der Waals surface area (Å²) in [5.41, 5.74) is 11.9. The summed E-state index contributed by atoms with van der Waals surface area (Å²) < 4.78 is 0. The van der Waals surface area contributed by atoms with Crippen LogP contribution in [-0.2, 0) is 12.8 Å². The fourth-order valence-electron chi connectivity index (χ4n) is 2.94. The maximum Gasteiger partial charge on any atom is 0.152 e. The molecule has 1 aromatic carbocycles. The van der Waals surface area contributed by atoms with Gasteiger partial charge in [-0.2, -0.15) is 0 Å². The summed E-state index contributed by atoms with van der Waals surface area (Å²) in [5, 5.41) is 0.969. The zero-order valence-corrected chi connectivity index (χ0v) is 11.3. The van der Waals surface area contributed by atoms with Crippen molar-refractivity contribution in [1.29, 1.82) is 0 Å². The topological polar surface area (TPSA) is 68.9 Å². The number of nitrogens with zero attached hydrogens (tertiary/aromatic N) is 2. The Bertz CT molecular complexity index is 887. The molecule has 2 aromatic heterocycles. The number of rotatable bonds is 1. The number of aromatic nitrogens is 2. The van der Waals surface area contributed by atoms with Crippen LogP contribution >= 0.6 is 0 Å². The molecule has 1 aliphatic carbocycles. The Balaban J connectivity index is 2.06. The molecule has 0 aliphatic heterocycles. The minimum Gasteiger partial charge on any atom is -0.396 e. The van der Waals surface area contributed by atoms with Gasteiger partial charge in [0.15, 0.2) is 6.29 Å². The van der Waals surface area contributed by atoms with Crippen LogP contribution < -0.4 is 5.73 Å². The van der Waals surface area contributed by atoms with Gasteiger partial charge in [-0.3, -0.25) is 9.78 Å². The van der Waals surface area contributed by atoms with Crippen LogP contribution in [0.25, 0.3) is 22.3 Å². The quantitative estimate of drug-likeness (QED) is 0.547. The highest BCUT2D eigenvalue weighted by Gasteiger charge is 2.20. The maximum atomic E-state index is 11.0. The summed E-state index contributed by atoms with van der Waals surface area (Å²) in [5.74, 6) is 0. The van der Waals surface area contributed by atoms with Crippen molar-refractivity contribution in [2.45, 2.75) is 12.8 Å². The molecule has 0 amide bonds. The third-order valence-corrected chi connectivity index (χ3v) is 4.05. The summed E-state index contributed by atoms with van der Waals surface area (Å²) in [6.45, 7) is 0. The molecule has 2 heterocycles. The number of hydrogen-bond acceptors (Lipinski definition) is 4. The van der Waals surface area contributed by atoms with Gasteiger partial charge in [0.25, 0.3) is 0 Å². The lowest BCUT2D eigenvalue weighted by atomic mass is 9.91. The van der Waals surface area contributed by atoms with Crippen LogP contribution in [0.1, 0.15) is 21.5 Å². The minimum absolute atomic E-state index is 0.438. The van der Waals surface area contributed by atoms with E-state index < -0.39 is 0 Å². The van der Waals surface area contributed by atoms with Crippen molar-refractivity contribution < 1.29 is 4.79 Å². The second kappa shape index (κ2) is 4.38. The average molecular weight is 275 g/mol. The Morgan fingerprint density at radius 3 is 2.81 bits per heavy atom.